The van der Waals surface area contributed by atoms with E-state index in [0.717, 1.165) is 25.7 Å². The standard InChI is InChI=1S/C36H66O4S/c37-35(38)31-27-23-19-15-11-7-3-1-5-9-13-17-21-25-29-33-41-34-30-26-22-18-14-10-6-2-4-8-12-16-20-24-28-32-36(39)40/h1-4H,5-34H2,(H,37,38)(H,39,40)/b3-1-,4-2-. The van der Waals surface area contributed by atoms with Crippen LogP contribution < -0.4 is 0 Å². The Labute approximate surface area is 258 Å². The van der Waals surface area contributed by atoms with E-state index >= 15 is 0 Å². The van der Waals surface area contributed by atoms with Gasteiger partial charge in [0.1, 0.15) is 0 Å². The second kappa shape index (κ2) is 35.0. The molecule has 0 spiro atoms. The van der Waals surface area contributed by atoms with Crippen LogP contribution in [0, 0.1) is 0 Å². The number of carboxylic acids is 2. The van der Waals surface area contributed by atoms with Crippen molar-refractivity contribution in [1.82, 2.24) is 0 Å². The molecule has 240 valence electrons. The number of carbonyl (C=O) groups is 2. The van der Waals surface area contributed by atoms with Crippen molar-refractivity contribution in [2.45, 2.75) is 180 Å². The Bertz CT molecular complexity index is 565. The maximum absolute atomic E-state index is 10.5. The van der Waals surface area contributed by atoms with E-state index in [2.05, 4.69) is 36.1 Å². The molecule has 4 nitrogen and oxygen atoms in total. The zero-order chi connectivity index (χ0) is 29.9. The molecule has 0 heterocycles. The van der Waals surface area contributed by atoms with E-state index in [1.165, 1.54) is 153 Å². The number of rotatable bonds is 34. The predicted molar refractivity (Wildman–Crippen MR) is 180 cm³/mol. The molecule has 5 heteroatoms. The third kappa shape index (κ3) is 38.8. The number of aliphatic carboxylic acids is 2. The molecule has 0 radical (unpaired) electrons. The van der Waals surface area contributed by atoms with Crippen molar-refractivity contribution in [3.63, 3.8) is 0 Å². The minimum Gasteiger partial charge on any atom is -0.481 e. The number of hydrogen-bond donors (Lipinski definition) is 2. The molecule has 0 amide bonds. The lowest BCUT2D eigenvalue weighted by Crippen LogP contribution is -1.93. The highest BCUT2D eigenvalue weighted by Crippen LogP contribution is 2.15. The van der Waals surface area contributed by atoms with Crippen LogP contribution in [0.25, 0.3) is 0 Å². The molecule has 41 heavy (non-hydrogen) atoms. The van der Waals surface area contributed by atoms with Crippen LogP contribution in [0.4, 0.5) is 0 Å². The lowest BCUT2D eigenvalue weighted by molar-refractivity contribution is -0.138. The van der Waals surface area contributed by atoms with Gasteiger partial charge in [0, 0.05) is 12.8 Å². The van der Waals surface area contributed by atoms with Crippen LogP contribution >= 0.6 is 11.8 Å². The van der Waals surface area contributed by atoms with Gasteiger partial charge in [0.15, 0.2) is 0 Å². The Morgan fingerprint density at radius 3 is 0.902 bits per heavy atom. The van der Waals surface area contributed by atoms with Crippen LogP contribution in [0.2, 0.25) is 0 Å². The van der Waals surface area contributed by atoms with Gasteiger partial charge in [0.05, 0.1) is 0 Å². The third-order valence-electron chi connectivity index (χ3n) is 7.68. The molecule has 0 unspecified atom stereocenters. The summed E-state index contributed by atoms with van der Waals surface area (Å²) in [4.78, 5) is 20.9. The van der Waals surface area contributed by atoms with E-state index in [0.29, 0.717) is 12.8 Å². The summed E-state index contributed by atoms with van der Waals surface area (Å²) < 4.78 is 0. The number of thioether (sulfide) groups is 1. The molecule has 0 aromatic heterocycles. The predicted octanol–water partition coefficient (Wildman–Crippen LogP) is 11.9. The summed E-state index contributed by atoms with van der Waals surface area (Å²) >= 11 is 2.16. The molecule has 2 N–H and O–H groups in total. The second-order valence-electron chi connectivity index (χ2n) is 11.8. The topological polar surface area (TPSA) is 74.6 Å². The zero-order valence-corrected chi connectivity index (χ0v) is 27.5. The smallest absolute Gasteiger partial charge is 0.303 e. The molecule has 0 aromatic rings. The molecule has 0 aliphatic carbocycles. The van der Waals surface area contributed by atoms with E-state index in [1.54, 1.807) is 0 Å². The molecule has 0 rings (SSSR count). The van der Waals surface area contributed by atoms with Gasteiger partial charge < -0.3 is 10.2 Å². The number of carboxylic acid groups (broad SMARTS) is 2. The van der Waals surface area contributed by atoms with Crippen molar-refractivity contribution in [1.29, 1.82) is 0 Å². The highest BCUT2D eigenvalue weighted by atomic mass is 32.2. The monoisotopic (exact) mass is 594 g/mol. The van der Waals surface area contributed by atoms with Crippen LogP contribution in [-0.4, -0.2) is 33.7 Å². The van der Waals surface area contributed by atoms with Crippen molar-refractivity contribution in [2.75, 3.05) is 11.5 Å². The van der Waals surface area contributed by atoms with Gasteiger partial charge in [-0.05, 0) is 88.6 Å². The first-order valence-corrected chi connectivity index (χ1v) is 18.6. The largest absolute Gasteiger partial charge is 0.481 e. The van der Waals surface area contributed by atoms with Gasteiger partial charge in [-0.2, -0.15) is 11.8 Å². The van der Waals surface area contributed by atoms with Crippen molar-refractivity contribution >= 4 is 23.7 Å². The molecule has 0 saturated heterocycles. The van der Waals surface area contributed by atoms with Crippen LogP contribution in [0.5, 0.6) is 0 Å². The van der Waals surface area contributed by atoms with Crippen molar-refractivity contribution < 1.29 is 19.8 Å². The number of unbranched alkanes of at least 4 members (excludes halogenated alkanes) is 22. The van der Waals surface area contributed by atoms with Gasteiger partial charge in [0.2, 0.25) is 0 Å². The fourth-order valence-electron chi connectivity index (χ4n) is 5.06. The average Bonchev–Trinajstić information content (AvgIpc) is 2.94. The SMILES string of the molecule is O=C(O)CCCCCCC/C=C\CCCCCCCCSCCCCCCCC/C=C\CCCCCCCC(=O)O. The molecule has 0 aliphatic heterocycles. The second-order valence-corrected chi connectivity index (χ2v) is 13.0. The summed E-state index contributed by atoms with van der Waals surface area (Å²) in [6.07, 6.45) is 42.5. The summed E-state index contributed by atoms with van der Waals surface area (Å²) in [5.74, 6) is 1.36. The lowest BCUT2D eigenvalue weighted by atomic mass is 10.1. The molecule has 0 bridgehead atoms. The maximum Gasteiger partial charge on any atom is 0.303 e. The van der Waals surface area contributed by atoms with Crippen molar-refractivity contribution in [3.8, 4) is 0 Å². The first kappa shape index (κ1) is 39.8. The Morgan fingerprint density at radius 2 is 0.610 bits per heavy atom. The van der Waals surface area contributed by atoms with Crippen LogP contribution in [0.15, 0.2) is 24.3 Å². The summed E-state index contributed by atoms with van der Waals surface area (Å²) in [7, 11) is 0. The molecular weight excluding hydrogens is 528 g/mol. The molecule has 0 atom stereocenters. The van der Waals surface area contributed by atoms with E-state index < -0.39 is 11.9 Å². The van der Waals surface area contributed by atoms with E-state index in [9.17, 15) is 9.59 Å². The molecule has 0 fully saturated rings. The van der Waals surface area contributed by atoms with E-state index in [-0.39, 0.29) is 0 Å². The van der Waals surface area contributed by atoms with Gasteiger partial charge in [-0.1, -0.05) is 114 Å². The highest BCUT2D eigenvalue weighted by Gasteiger charge is 1.98. The average molecular weight is 595 g/mol. The zero-order valence-electron chi connectivity index (χ0n) is 26.6. The van der Waals surface area contributed by atoms with Gasteiger partial charge in [-0.3, -0.25) is 9.59 Å². The van der Waals surface area contributed by atoms with E-state index in [4.69, 9.17) is 10.2 Å². The lowest BCUT2D eigenvalue weighted by Gasteiger charge is -2.03. The van der Waals surface area contributed by atoms with Gasteiger partial charge in [-0.25, -0.2) is 0 Å². The summed E-state index contributed by atoms with van der Waals surface area (Å²) in [6.45, 7) is 0. The minimum atomic E-state index is -0.667. The maximum atomic E-state index is 10.5. The first-order chi connectivity index (χ1) is 20.1. The normalized spacial score (nSPS) is 11.7. The molecule has 0 saturated carbocycles. The van der Waals surface area contributed by atoms with E-state index in [1.807, 2.05) is 0 Å². The molecular formula is C36H66O4S. The van der Waals surface area contributed by atoms with Gasteiger partial charge >= 0.3 is 11.9 Å². The Kier molecular flexibility index (Phi) is 33.9. The van der Waals surface area contributed by atoms with Crippen LogP contribution in [0.1, 0.15) is 180 Å². The molecule has 0 aliphatic rings. The fourth-order valence-corrected chi connectivity index (χ4v) is 6.08. The minimum absolute atomic E-state index is 0.323. The van der Waals surface area contributed by atoms with Crippen LogP contribution in [0.3, 0.4) is 0 Å². The van der Waals surface area contributed by atoms with Gasteiger partial charge in [0.25, 0.3) is 0 Å². The Morgan fingerprint density at radius 1 is 0.366 bits per heavy atom. The quantitative estimate of drug-likeness (QED) is 0.0572. The first-order valence-electron chi connectivity index (χ1n) is 17.4. The summed E-state index contributed by atoms with van der Waals surface area (Å²) in [5, 5.41) is 17.2. The number of allylic oxidation sites excluding steroid dienone is 4. The Balaban J connectivity index is 3.13. The summed E-state index contributed by atoms with van der Waals surface area (Å²) in [5.41, 5.74) is 0. The summed E-state index contributed by atoms with van der Waals surface area (Å²) in [6, 6.07) is 0. The highest BCUT2D eigenvalue weighted by molar-refractivity contribution is 7.99. The van der Waals surface area contributed by atoms with Crippen molar-refractivity contribution in [2.24, 2.45) is 0 Å². The fraction of sp³-hybridized carbons (Fsp3) is 0.833. The Hall–Kier alpha value is -1.23. The number of hydrogen-bond acceptors (Lipinski definition) is 3. The third-order valence-corrected chi connectivity index (χ3v) is 8.83. The van der Waals surface area contributed by atoms with Crippen molar-refractivity contribution in [3.05, 3.63) is 24.3 Å². The molecule has 0 aromatic carbocycles. The van der Waals surface area contributed by atoms with Crippen LogP contribution in [-0.2, 0) is 9.59 Å². The van der Waals surface area contributed by atoms with Gasteiger partial charge in [-0.15, -0.1) is 0 Å².